The molecule has 1 aromatic carbocycles. The van der Waals surface area contributed by atoms with E-state index in [1.54, 1.807) is 12.1 Å². The van der Waals surface area contributed by atoms with Crippen molar-refractivity contribution in [2.24, 2.45) is 23.7 Å². The summed E-state index contributed by atoms with van der Waals surface area (Å²) in [7, 11) is 0. The first-order valence-corrected chi connectivity index (χ1v) is 11.2. The maximum Gasteiger partial charge on any atom is 0.143 e. The molecule has 2 aliphatic rings. The Morgan fingerprint density at radius 1 is 1.04 bits per heavy atom. The molecule has 3 rings (SSSR count). The van der Waals surface area contributed by atoms with Crippen LogP contribution in [-0.4, -0.2) is 0 Å². The van der Waals surface area contributed by atoms with Gasteiger partial charge in [-0.2, -0.15) is 0 Å². The summed E-state index contributed by atoms with van der Waals surface area (Å²) in [6.07, 6.45) is 18.2. The van der Waals surface area contributed by atoms with Gasteiger partial charge in [-0.3, -0.25) is 0 Å². The van der Waals surface area contributed by atoms with Gasteiger partial charge < -0.3 is 0 Å². The molecule has 0 N–H and O–H groups in total. The summed E-state index contributed by atoms with van der Waals surface area (Å²) in [4.78, 5) is 0. The highest BCUT2D eigenvalue weighted by atomic mass is 35.5. The molecule has 1 aromatic rings. The molecule has 0 amide bonds. The highest BCUT2D eigenvalue weighted by Gasteiger charge is 2.29. The van der Waals surface area contributed by atoms with Crippen LogP contribution in [0.3, 0.4) is 0 Å². The van der Waals surface area contributed by atoms with Gasteiger partial charge in [-0.25, -0.2) is 4.39 Å². The lowest BCUT2D eigenvalue weighted by molar-refractivity contribution is 0.152. The van der Waals surface area contributed by atoms with Crippen LogP contribution in [0.5, 0.6) is 0 Å². The largest absolute Gasteiger partial charge is 0.205 e. The molecule has 0 aliphatic heterocycles. The van der Waals surface area contributed by atoms with Crippen LogP contribution >= 0.6 is 11.6 Å². The third kappa shape index (κ3) is 6.11. The van der Waals surface area contributed by atoms with E-state index in [2.05, 4.69) is 24.8 Å². The van der Waals surface area contributed by atoms with Crippen molar-refractivity contribution < 1.29 is 4.39 Å². The maximum absolute atomic E-state index is 13.4. The number of hydrogen-bond acceptors (Lipinski definition) is 0. The molecular formula is C25H32ClF. The minimum absolute atomic E-state index is 0.145. The summed E-state index contributed by atoms with van der Waals surface area (Å²) in [6, 6.07) is 4.71. The molecule has 0 unspecified atom stereocenters. The fraction of sp³-hybridized carbons (Fsp3) is 0.600. The van der Waals surface area contributed by atoms with E-state index >= 15 is 0 Å². The van der Waals surface area contributed by atoms with Crippen molar-refractivity contribution in [3.8, 4) is 11.8 Å². The van der Waals surface area contributed by atoms with E-state index in [-0.39, 0.29) is 5.02 Å². The molecule has 0 heterocycles. The first kappa shape index (κ1) is 20.5. The molecule has 27 heavy (non-hydrogen) atoms. The van der Waals surface area contributed by atoms with Crippen molar-refractivity contribution in [3.63, 3.8) is 0 Å². The van der Waals surface area contributed by atoms with E-state index in [4.69, 9.17) is 11.6 Å². The average molecular weight is 387 g/mol. The van der Waals surface area contributed by atoms with Crippen molar-refractivity contribution in [1.29, 1.82) is 0 Å². The van der Waals surface area contributed by atoms with Gasteiger partial charge in [-0.15, -0.1) is 0 Å². The van der Waals surface area contributed by atoms with Gasteiger partial charge in [0, 0.05) is 5.56 Å². The van der Waals surface area contributed by atoms with Gasteiger partial charge in [0.2, 0.25) is 0 Å². The summed E-state index contributed by atoms with van der Waals surface area (Å²) in [6.45, 7) is 2.32. The summed E-state index contributed by atoms with van der Waals surface area (Å²) in [5.74, 6) is 9.25. The second kappa shape index (κ2) is 10.3. The Morgan fingerprint density at radius 2 is 1.70 bits per heavy atom. The molecule has 2 fully saturated rings. The zero-order chi connectivity index (χ0) is 19.1. The zero-order valence-corrected chi connectivity index (χ0v) is 17.3. The number of benzene rings is 1. The number of rotatable bonds is 4. The standard InChI is InChI=1S/C25H32ClF/c1-2-5-19-8-13-22(14-9-19)23-15-10-20(11-16-23)6-3-4-7-21-12-17-24(26)25(27)18-21/h3,6,12,17-20,22-23H,2,5,8-11,13-16H2,1H3. The highest BCUT2D eigenvalue weighted by Crippen LogP contribution is 2.42. The molecule has 0 saturated heterocycles. The molecule has 0 bridgehead atoms. The van der Waals surface area contributed by atoms with E-state index in [0.717, 1.165) is 17.8 Å². The average Bonchev–Trinajstić information content (AvgIpc) is 2.69. The Labute approximate surface area is 169 Å². The van der Waals surface area contributed by atoms with Gasteiger partial charge in [0.1, 0.15) is 5.82 Å². The molecular weight excluding hydrogens is 355 g/mol. The lowest BCUT2D eigenvalue weighted by atomic mass is 9.69. The van der Waals surface area contributed by atoms with Crippen LogP contribution < -0.4 is 0 Å². The van der Waals surface area contributed by atoms with E-state index in [1.165, 1.54) is 70.3 Å². The molecule has 2 heteroatoms. The van der Waals surface area contributed by atoms with E-state index in [0.29, 0.717) is 11.5 Å². The van der Waals surface area contributed by atoms with Gasteiger partial charge in [-0.1, -0.05) is 62.1 Å². The lowest BCUT2D eigenvalue weighted by Gasteiger charge is -2.37. The van der Waals surface area contributed by atoms with Crippen LogP contribution in [0.2, 0.25) is 5.02 Å². The first-order valence-electron chi connectivity index (χ1n) is 10.8. The summed E-state index contributed by atoms with van der Waals surface area (Å²) < 4.78 is 13.4. The number of hydrogen-bond donors (Lipinski definition) is 0. The van der Waals surface area contributed by atoms with Crippen LogP contribution in [-0.2, 0) is 0 Å². The third-order valence-electron chi connectivity index (χ3n) is 6.66. The molecule has 146 valence electrons. The Kier molecular flexibility index (Phi) is 7.83. The second-order valence-corrected chi connectivity index (χ2v) is 8.91. The Bertz CT molecular complexity index is 680. The lowest BCUT2D eigenvalue weighted by Crippen LogP contribution is -2.25. The van der Waals surface area contributed by atoms with Gasteiger partial charge in [-0.05, 0) is 86.5 Å². The normalized spacial score (nSPS) is 28.7. The second-order valence-electron chi connectivity index (χ2n) is 8.50. The van der Waals surface area contributed by atoms with Crippen molar-refractivity contribution in [2.45, 2.75) is 71.1 Å². The van der Waals surface area contributed by atoms with Crippen LogP contribution in [0.15, 0.2) is 30.4 Å². The predicted octanol–water partition coefficient (Wildman–Crippen LogP) is 7.80. The van der Waals surface area contributed by atoms with Crippen molar-refractivity contribution in [2.75, 3.05) is 0 Å². The molecule has 2 aliphatic carbocycles. The Balaban J connectivity index is 1.41. The van der Waals surface area contributed by atoms with Gasteiger partial charge in [0.25, 0.3) is 0 Å². The first-order chi connectivity index (χ1) is 13.2. The van der Waals surface area contributed by atoms with Crippen LogP contribution in [0.1, 0.15) is 76.7 Å². The van der Waals surface area contributed by atoms with Gasteiger partial charge in [0.15, 0.2) is 0 Å². The van der Waals surface area contributed by atoms with E-state index in [1.807, 2.05) is 6.08 Å². The van der Waals surface area contributed by atoms with Crippen LogP contribution in [0, 0.1) is 41.3 Å². The number of halogens is 2. The third-order valence-corrected chi connectivity index (χ3v) is 6.97. The summed E-state index contributed by atoms with van der Waals surface area (Å²) in [5, 5.41) is 0.145. The molecule has 0 nitrogen and oxygen atoms in total. The Morgan fingerprint density at radius 3 is 2.33 bits per heavy atom. The van der Waals surface area contributed by atoms with Crippen LogP contribution in [0.25, 0.3) is 0 Å². The summed E-state index contributed by atoms with van der Waals surface area (Å²) in [5.41, 5.74) is 0.670. The molecule has 0 radical (unpaired) electrons. The van der Waals surface area contributed by atoms with Gasteiger partial charge in [0.05, 0.1) is 5.02 Å². The number of allylic oxidation sites excluding steroid dienone is 2. The van der Waals surface area contributed by atoms with Gasteiger partial charge >= 0.3 is 0 Å². The van der Waals surface area contributed by atoms with Crippen molar-refractivity contribution >= 4 is 11.6 Å². The molecule has 0 spiro atoms. The molecule has 0 atom stereocenters. The molecule has 0 aromatic heterocycles. The fourth-order valence-corrected chi connectivity index (χ4v) is 5.17. The smallest absolute Gasteiger partial charge is 0.143 e. The predicted molar refractivity (Wildman–Crippen MR) is 113 cm³/mol. The minimum Gasteiger partial charge on any atom is -0.205 e. The van der Waals surface area contributed by atoms with E-state index < -0.39 is 5.82 Å². The topological polar surface area (TPSA) is 0 Å². The van der Waals surface area contributed by atoms with Crippen LogP contribution in [0.4, 0.5) is 4.39 Å². The SMILES string of the molecule is CCCC1CCC(C2CCC(C=CC#Cc3ccc(Cl)c(F)c3)CC2)CC1. The van der Waals surface area contributed by atoms with Crippen molar-refractivity contribution in [1.82, 2.24) is 0 Å². The van der Waals surface area contributed by atoms with Crippen molar-refractivity contribution in [3.05, 3.63) is 46.8 Å². The fourth-order valence-electron chi connectivity index (χ4n) is 5.05. The van der Waals surface area contributed by atoms with E-state index in [9.17, 15) is 4.39 Å². The monoisotopic (exact) mass is 386 g/mol. The summed E-state index contributed by atoms with van der Waals surface area (Å²) >= 11 is 5.70. The zero-order valence-electron chi connectivity index (χ0n) is 16.5. The minimum atomic E-state index is -0.408. The quantitative estimate of drug-likeness (QED) is 0.463. The highest BCUT2D eigenvalue weighted by molar-refractivity contribution is 6.30. The maximum atomic E-state index is 13.4. The Hall–Kier alpha value is -1.26. The molecule has 2 saturated carbocycles.